The van der Waals surface area contributed by atoms with E-state index in [4.69, 9.17) is 11.0 Å². The van der Waals surface area contributed by atoms with Gasteiger partial charge in [0.25, 0.3) is 0 Å². The third-order valence-electron chi connectivity index (χ3n) is 4.39. The van der Waals surface area contributed by atoms with Crippen molar-refractivity contribution in [3.63, 3.8) is 0 Å². The molecule has 8 heteroatoms. The molecule has 0 unspecified atom stereocenters. The summed E-state index contributed by atoms with van der Waals surface area (Å²) in [6.07, 6.45) is 2.13. The number of aryl methyl sites for hydroxylation is 1. The lowest BCUT2D eigenvalue weighted by atomic mass is 9.72. The number of aliphatic hydroxyl groups is 1. The molecule has 0 spiro atoms. The van der Waals surface area contributed by atoms with Gasteiger partial charge in [0.05, 0.1) is 23.0 Å². The summed E-state index contributed by atoms with van der Waals surface area (Å²) in [7, 11) is 0. The van der Waals surface area contributed by atoms with Gasteiger partial charge in [-0.3, -0.25) is 4.57 Å². The van der Waals surface area contributed by atoms with Crippen molar-refractivity contribution in [1.82, 2.24) is 24.5 Å². The predicted octanol–water partition coefficient (Wildman–Crippen LogP) is 1.12. The van der Waals surface area contributed by atoms with E-state index in [9.17, 15) is 5.11 Å². The molecule has 0 atom stereocenters. The van der Waals surface area contributed by atoms with Gasteiger partial charge in [0.2, 0.25) is 11.9 Å². The third-order valence-corrected chi connectivity index (χ3v) is 4.39. The van der Waals surface area contributed by atoms with Crippen LogP contribution in [-0.4, -0.2) is 35.2 Å². The number of anilines is 1. The summed E-state index contributed by atoms with van der Waals surface area (Å²) < 4.78 is 1.78. The lowest BCUT2D eigenvalue weighted by Crippen LogP contribution is -2.41. The number of nitrogens with two attached hydrogens (primary N) is 1. The highest BCUT2D eigenvalue weighted by molar-refractivity contribution is 5.79. The van der Waals surface area contributed by atoms with Crippen molar-refractivity contribution in [3.8, 4) is 23.9 Å². The van der Waals surface area contributed by atoms with Crippen LogP contribution in [0.4, 0.5) is 5.95 Å². The zero-order valence-electron chi connectivity index (χ0n) is 14.0. The Morgan fingerprint density at radius 1 is 1.31 bits per heavy atom. The molecule has 4 rings (SSSR count). The molecule has 1 aliphatic carbocycles. The van der Waals surface area contributed by atoms with Gasteiger partial charge in [0.1, 0.15) is 17.8 Å². The zero-order chi connectivity index (χ0) is 18.3. The standard InChI is InChI=1S/C18H15N7O/c1-11-23-14-3-2-12(4-5-18(26)7-13(8-18)9-19)6-15(14)25(11)17-22-10-21-16(20)24-17/h2-3,6,10,13,26H,7-8H2,1H3,(H2,20,21,22,24). The summed E-state index contributed by atoms with van der Waals surface area (Å²) in [4.78, 5) is 16.6. The van der Waals surface area contributed by atoms with E-state index in [1.165, 1.54) is 6.33 Å². The fourth-order valence-electron chi connectivity index (χ4n) is 3.07. The smallest absolute Gasteiger partial charge is 0.240 e. The molecule has 0 bridgehead atoms. The van der Waals surface area contributed by atoms with Crippen LogP contribution in [0.2, 0.25) is 0 Å². The SMILES string of the molecule is Cc1nc2ccc(C#CC3(O)CC(C#N)C3)cc2n1-c1ncnc(N)n1. The van der Waals surface area contributed by atoms with E-state index < -0.39 is 5.60 Å². The second-order valence-corrected chi connectivity index (χ2v) is 6.36. The van der Waals surface area contributed by atoms with Crippen LogP contribution in [0.3, 0.4) is 0 Å². The van der Waals surface area contributed by atoms with Crippen LogP contribution in [0.15, 0.2) is 24.5 Å². The molecule has 1 fully saturated rings. The molecule has 2 heterocycles. The molecule has 8 nitrogen and oxygen atoms in total. The highest BCUT2D eigenvalue weighted by Crippen LogP contribution is 2.36. The molecule has 2 aromatic heterocycles. The van der Waals surface area contributed by atoms with Crippen LogP contribution < -0.4 is 5.73 Å². The van der Waals surface area contributed by atoms with Gasteiger partial charge in [0, 0.05) is 18.4 Å². The summed E-state index contributed by atoms with van der Waals surface area (Å²) in [6.45, 7) is 1.85. The van der Waals surface area contributed by atoms with Crippen LogP contribution in [0, 0.1) is 36.0 Å². The maximum absolute atomic E-state index is 10.3. The van der Waals surface area contributed by atoms with Gasteiger partial charge >= 0.3 is 0 Å². The Hall–Kier alpha value is -3.49. The van der Waals surface area contributed by atoms with Gasteiger partial charge in [-0.1, -0.05) is 11.8 Å². The molecule has 128 valence electrons. The number of nitrogen functional groups attached to an aromatic ring is 1. The first-order chi connectivity index (χ1) is 12.5. The average Bonchev–Trinajstić information content (AvgIpc) is 2.92. The van der Waals surface area contributed by atoms with Gasteiger partial charge in [-0.2, -0.15) is 10.2 Å². The summed E-state index contributed by atoms with van der Waals surface area (Å²) in [5.74, 6) is 6.99. The molecule has 1 saturated carbocycles. The van der Waals surface area contributed by atoms with Crippen LogP contribution in [0.1, 0.15) is 24.2 Å². The van der Waals surface area contributed by atoms with E-state index in [0.29, 0.717) is 24.6 Å². The monoisotopic (exact) mass is 345 g/mol. The largest absolute Gasteiger partial charge is 0.378 e. The molecule has 3 N–H and O–H groups in total. The van der Waals surface area contributed by atoms with Crippen LogP contribution in [-0.2, 0) is 0 Å². The van der Waals surface area contributed by atoms with Crippen molar-refractivity contribution in [3.05, 3.63) is 35.9 Å². The molecule has 1 aliphatic rings. The Kier molecular flexibility index (Phi) is 3.57. The zero-order valence-corrected chi connectivity index (χ0v) is 14.0. The predicted molar refractivity (Wildman–Crippen MR) is 93.8 cm³/mol. The number of nitrogens with zero attached hydrogens (tertiary/aromatic N) is 6. The van der Waals surface area contributed by atoms with Crippen molar-refractivity contribution >= 4 is 17.0 Å². The molecule has 0 saturated heterocycles. The number of hydrogen-bond acceptors (Lipinski definition) is 7. The number of imidazole rings is 1. The van der Waals surface area contributed by atoms with Gasteiger partial charge in [0.15, 0.2) is 0 Å². The number of nitriles is 1. The fourth-order valence-corrected chi connectivity index (χ4v) is 3.07. The molecular formula is C18H15N7O. The van der Waals surface area contributed by atoms with E-state index in [2.05, 4.69) is 37.8 Å². The lowest BCUT2D eigenvalue weighted by Gasteiger charge is -2.35. The number of aromatic nitrogens is 5. The molecule has 3 aromatic rings. The number of hydrogen-bond donors (Lipinski definition) is 2. The first-order valence-corrected chi connectivity index (χ1v) is 8.07. The summed E-state index contributed by atoms with van der Waals surface area (Å²) >= 11 is 0. The van der Waals surface area contributed by atoms with Crippen molar-refractivity contribution < 1.29 is 5.11 Å². The van der Waals surface area contributed by atoms with E-state index in [1.807, 2.05) is 25.1 Å². The van der Waals surface area contributed by atoms with Crippen LogP contribution in [0.5, 0.6) is 0 Å². The van der Waals surface area contributed by atoms with Crippen molar-refractivity contribution in [2.75, 3.05) is 5.73 Å². The van der Waals surface area contributed by atoms with Crippen molar-refractivity contribution in [2.45, 2.75) is 25.4 Å². The molecule has 1 aromatic carbocycles. The number of rotatable bonds is 1. The van der Waals surface area contributed by atoms with E-state index in [-0.39, 0.29) is 11.9 Å². The second-order valence-electron chi connectivity index (χ2n) is 6.36. The maximum Gasteiger partial charge on any atom is 0.240 e. The molecule has 0 radical (unpaired) electrons. The minimum Gasteiger partial charge on any atom is -0.378 e. The van der Waals surface area contributed by atoms with Crippen molar-refractivity contribution in [1.29, 1.82) is 5.26 Å². The lowest BCUT2D eigenvalue weighted by molar-refractivity contribution is -0.00238. The summed E-state index contributed by atoms with van der Waals surface area (Å²) in [6, 6.07) is 7.71. The third kappa shape index (κ3) is 2.73. The Balaban J connectivity index is 1.74. The van der Waals surface area contributed by atoms with Crippen molar-refractivity contribution in [2.24, 2.45) is 5.92 Å². The minimum absolute atomic E-state index is 0.116. The molecule has 0 amide bonds. The first kappa shape index (κ1) is 16.0. The van der Waals surface area contributed by atoms with Gasteiger partial charge < -0.3 is 10.8 Å². The number of benzene rings is 1. The van der Waals surface area contributed by atoms with Crippen LogP contribution in [0.25, 0.3) is 17.0 Å². The fraction of sp³-hybridized carbons (Fsp3) is 0.278. The van der Waals surface area contributed by atoms with E-state index in [1.54, 1.807) is 4.57 Å². The minimum atomic E-state index is -1.08. The second kappa shape index (κ2) is 5.80. The number of fused-ring (bicyclic) bond motifs is 1. The van der Waals surface area contributed by atoms with Gasteiger partial charge in [-0.15, -0.1) is 0 Å². The topological polar surface area (TPSA) is 127 Å². The average molecular weight is 345 g/mol. The highest BCUT2D eigenvalue weighted by Gasteiger charge is 2.41. The molecular weight excluding hydrogens is 330 g/mol. The van der Waals surface area contributed by atoms with Gasteiger partial charge in [-0.05, 0) is 25.1 Å². The Morgan fingerprint density at radius 2 is 2.12 bits per heavy atom. The maximum atomic E-state index is 10.3. The van der Waals surface area contributed by atoms with E-state index in [0.717, 1.165) is 16.6 Å². The first-order valence-electron chi connectivity index (χ1n) is 8.07. The molecule has 0 aliphatic heterocycles. The van der Waals surface area contributed by atoms with E-state index >= 15 is 0 Å². The summed E-state index contributed by atoms with van der Waals surface area (Å²) in [5, 5.41) is 19.1. The Morgan fingerprint density at radius 3 is 2.85 bits per heavy atom. The molecule has 26 heavy (non-hydrogen) atoms. The Bertz CT molecular complexity index is 1110. The summed E-state index contributed by atoms with van der Waals surface area (Å²) in [5.41, 5.74) is 6.88. The van der Waals surface area contributed by atoms with Gasteiger partial charge in [-0.25, -0.2) is 15.0 Å². The highest BCUT2D eigenvalue weighted by atomic mass is 16.3. The normalized spacial score (nSPS) is 21.5. The van der Waals surface area contributed by atoms with Crippen LogP contribution >= 0.6 is 0 Å². The Labute approximate surface area is 149 Å². The quantitative estimate of drug-likeness (QED) is 0.633.